The summed E-state index contributed by atoms with van der Waals surface area (Å²) in [5.74, 6) is 0.756. The number of rotatable bonds is 6. The van der Waals surface area contributed by atoms with Crippen molar-refractivity contribution in [3.8, 4) is 17.2 Å². The van der Waals surface area contributed by atoms with Gasteiger partial charge >= 0.3 is 5.97 Å². The Labute approximate surface area is 145 Å². The lowest BCUT2D eigenvalue weighted by molar-refractivity contribution is -0.149. The fraction of sp³-hybridized carbons (Fsp3) is 0.263. The number of carbonyl (C=O) groups is 2. The van der Waals surface area contributed by atoms with Crippen molar-refractivity contribution in [2.45, 2.75) is 13.0 Å². The van der Waals surface area contributed by atoms with Crippen molar-refractivity contribution in [3.05, 3.63) is 54.1 Å². The summed E-state index contributed by atoms with van der Waals surface area (Å²) in [4.78, 5) is 24.2. The van der Waals surface area contributed by atoms with Crippen molar-refractivity contribution in [1.29, 1.82) is 0 Å². The van der Waals surface area contributed by atoms with E-state index in [1.54, 1.807) is 49.4 Å². The van der Waals surface area contributed by atoms with Crippen LogP contribution in [0.1, 0.15) is 17.3 Å². The molecule has 0 amide bonds. The third-order valence-electron chi connectivity index (χ3n) is 3.60. The zero-order valence-corrected chi connectivity index (χ0v) is 13.8. The van der Waals surface area contributed by atoms with Crippen molar-refractivity contribution in [1.82, 2.24) is 0 Å². The molecule has 6 nitrogen and oxygen atoms in total. The van der Waals surface area contributed by atoms with Gasteiger partial charge in [0.15, 0.2) is 30.0 Å². The summed E-state index contributed by atoms with van der Waals surface area (Å²) >= 11 is 0. The quantitative estimate of drug-likeness (QED) is 0.594. The van der Waals surface area contributed by atoms with Crippen LogP contribution in [0.3, 0.4) is 0 Å². The Kier molecular flexibility index (Phi) is 5.18. The molecule has 1 aliphatic rings. The average molecular weight is 342 g/mol. The average Bonchev–Trinajstić information content (AvgIpc) is 2.66. The molecular formula is C19H18O6. The van der Waals surface area contributed by atoms with Crippen LogP contribution in [-0.4, -0.2) is 37.7 Å². The van der Waals surface area contributed by atoms with Gasteiger partial charge < -0.3 is 18.9 Å². The summed E-state index contributed by atoms with van der Waals surface area (Å²) in [6.07, 6.45) is -0.810. The summed E-state index contributed by atoms with van der Waals surface area (Å²) in [7, 11) is 0. The number of hydrogen-bond donors (Lipinski definition) is 0. The van der Waals surface area contributed by atoms with Gasteiger partial charge in [0.1, 0.15) is 19.0 Å². The van der Waals surface area contributed by atoms with Crippen molar-refractivity contribution in [2.24, 2.45) is 0 Å². The summed E-state index contributed by atoms with van der Waals surface area (Å²) in [6.45, 7) is 2.13. The van der Waals surface area contributed by atoms with Gasteiger partial charge in [0.25, 0.3) is 0 Å². The minimum atomic E-state index is -0.810. The lowest BCUT2D eigenvalue weighted by Crippen LogP contribution is -2.28. The van der Waals surface area contributed by atoms with Crippen LogP contribution in [0, 0.1) is 0 Å². The van der Waals surface area contributed by atoms with Gasteiger partial charge in [-0.25, -0.2) is 4.79 Å². The van der Waals surface area contributed by atoms with Gasteiger partial charge in [0, 0.05) is 5.56 Å². The standard InChI is InChI=1S/C19H18O6/c1-13(25-15-5-3-2-4-6-15)19(21)24-12-16(20)14-7-8-17-18(11-14)23-10-9-22-17/h2-8,11,13H,9-10,12H2,1H3/t13-/m1/s1. The van der Waals surface area contributed by atoms with Gasteiger partial charge in [-0.05, 0) is 37.3 Å². The molecule has 0 aliphatic carbocycles. The second kappa shape index (κ2) is 7.70. The van der Waals surface area contributed by atoms with E-state index in [1.807, 2.05) is 6.07 Å². The first kappa shape index (κ1) is 16.8. The zero-order valence-electron chi connectivity index (χ0n) is 13.8. The Balaban J connectivity index is 1.54. The molecule has 6 heteroatoms. The summed E-state index contributed by atoms with van der Waals surface area (Å²) in [5, 5.41) is 0. The van der Waals surface area contributed by atoms with Gasteiger partial charge in [-0.3, -0.25) is 4.79 Å². The second-order valence-corrected chi connectivity index (χ2v) is 5.46. The van der Waals surface area contributed by atoms with Gasteiger partial charge in [0.2, 0.25) is 0 Å². The zero-order chi connectivity index (χ0) is 17.6. The van der Waals surface area contributed by atoms with Crippen LogP contribution in [-0.2, 0) is 9.53 Å². The Morgan fingerprint density at radius 2 is 1.76 bits per heavy atom. The van der Waals surface area contributed by atoms with E-state index in [9.17, 15) is 9.59 Å². The predicted octanol–water partition coefficient (Wildman–Crippen LogP) is 2.65. The largest absolute Gasteiger partial charge is 0.486 e. The highest BCUT2D eigenvalue weighted by atomic mass is 16.6. The van der Waals surface area contributed by atoms with E-state index in [2.05, 4.69) is 0 Å². The normalized spacial score (nSPS) is 13.6. The first-order chi connectivity index (χ1) is 12.1. The third kappa shape index (κ3) is 4.29. The number of fused-ring (bicyclic) bond motifs is 1. The van der Waals surface area contributed by atoms with Crippen LogP contribution in [0.2, 0.25) is 0 Å². The molecule has 0 bridgehead atoms. The lowest BCUT2D eigenvalue weighted by Gasteiger charge is -2.18. The molecule has 0 saturated heterocycles. The molecule has 0 aromatic heterocycles. The smallest absolute Gasteiger partial charge is 0.347 e. The fourth-order valence-corrected chi connectivity index (χ4v) is 2.31. The monoisotopic (exact) mass is 342 g/mol. The number of ether oxygens (including phenoxy) is 4. The highest BCUT2D eigenvalue weighted by molar-refractivity contribution is 5.98. The molecular weight excluding hydrogens is 324 g/mol. The van der Waals surface area contributed by atoms with Gasteiger partial charge in [-0.1, -0.05) is 18.2 Å². The number of benzene rings is 2. The van der Waals surface area contributed by atoms with E-state index < -0.39 is 12.1 Å². The molecule has 1 atom stereocenters. The van der Waals surface area contributed by atoms with Crippen LogP contribution in [0.5, 0.6) is 17.2 Å². The van der Waals surface area contributed by atoms with Crippen LogP contribution in [0.4, 0.5) is 0 Å². The highest BCUT2D eigenvalue weighted by Gasteiger charge is 2.20. The van der Waals surface area contributed by atoms with Crippen LogP contribution in [0.15, 0.2) is 48.5 Å². The topological polar surface area (TPSA) is 71.1 Å². The summed E-state index contributed by atoms with van der Waals surface area (Å²) < 4.78 is 21.4. The number of ketones is 1. The molecule has 1 heterocycles. The number of esters is 1. The van der Waals surface area contributed by atoms with E-state index >= 15 is 0 Å². The van der Waals surface area contributed by atoms with E-state index in [1.165, 1.54) is 0 Å². The van der Waals surface area contributed by atoms with Gasteiger partial charge in [-0.15, -0.1) is 0 Å². The van der Waals surface area contributed by atoms with Crippen LogP contribution in [0.25, 0.3) is 0 Å². The van der Waals surface area contributed by atoms with Crippen LogP contribution >= 0.6 is 0 Å². The Morgan fingerprint density at radius 3 is 2.52 bits per heavy atom. The Hall–Kier alpha value is -3.02. The maximum Gasteiger partial charge on any atom is 0.347 e. The Bertz CT molecular complexity index is 756. The fourth-order valence-electron chi connectivity index (χ4n) is 2.31. The maximum atomic E-state index is 12.2. The SMILES string of the molecule is C[C@@H](Oc1ccccc1)C(=O)OCC(=O)c1ccc2c(c1)OCCO2. The van der Waals surface area contributed by atoms with Crippen molar-refractivity contribution in [3.63, 3.8) is 0 Å². The van der Waals surface area contributed by atoms with E-state index in [4.69, 9.17) is 18.9 Å². The minimum Gasteiger partial charge on any atom is -0.486 e. The lowest BCUT2D eigenvalue weighted by atomic mass is 10.1. The number of hydrogen-bond acceptors (Lipinski definition) is 6. The predicted molar refractivity (Wildman–Crippen MR) is 89.3 cm³/mol. The summed E-state index contributed by atoms with van der Waals surface area (Å²) in [5.41, 5.74) is 0.397. The highest BCUT2D eigenvalue weighted by Crippen LogP contribution is 2.30. The van der Waals surface area contributed by atoms with Crippen LogP contribution < -0.4 is 14.2 Å². The van der Waals surface area contributed by atoms with Crippen molar-refractivity contribution < 1.29 is 28.5 Å². The first-order valence-corrected chi connectivity index (χ1v) is 7.94. The summed E-state index contributed by atoms with van der Waals surface area (Å²) in [6, 6.07) is 13.8. The number of para-hydroxylation sites is 1. The molecule has 25 heavy (non-hydrogen) atoms. The van der Waals surface area contributed by atoms with Gasteiger partial charge in [0.05, 0.1) is 0 Å². The second-order valence-electron chi connectivity index (χ2n) is 5.46. The molecule has 2 aromatic carbocycles. The van der Waals surface area contributed by atoms with E-state index in [0.717, 1.165) is 0 Å². The molecule has 1 aliphatic heterocycles. The van der Waals surface area contributed by atoms with Crippen molar-refractivity contribution in [2.75, 3.05) is 19.8 Å². The van der Waals surface area contributed by atoms with E-state index in [-0.39, 0.29) is 12.4 Å². The Morgan fingerprint density at radius 1 is 1.04 bits per heavy atom. The molecule has 0 spiro atoms. The number of Topliss-reactive ketones (excluding diaryl/α,β-unsaturated/α-hetero) is 1. The molecule has 2 aromatic rings. The first-order valence-electron chi connectivity index (χ1n) is 7.94. The molecule has 130 valence electrons. The van der Waals surface area contributed by atoms with Crippen molar-refractivity contribution >= 4 is 11.8 Å². The number of carbonyl (C=O) groups excluding carboxylic acids is 2. The molecule has 0 N–H and O–H groups in total. The molecule has 0 saturated carbocycles. The van der Waals surface area contributed by atoms with Gasteiger partial charge in [-0.2, -0.15) is 0 Å². The molecule has 0 radical (unpaired) electrons. The van der Waals surface area contributed by atoms with E-state index in [0.29, 0.717) is 36.0 Å². The third-order valence-corrected chi connectivity index (χ3v) is 3.60. The maximum absolute atomic E-state index is 12.2. The minimum absolute atomic E-state index is 0.322. The molecule has 3 rings (SSSR count). The molecule has 0 fully saturated rings. The molecule has 0 unspecified atom stereocenters.